The van der Waals surface area contributed by atoms with E-state index in [-0.39, 0.29) is 5.97 Å². The summed E-state index contributed by atoms with van der Waals surface area (Å²) in [7, 11) is 1.40. The molecule has 2 rings (SSSR count). The number of hydrogen-bond donors (Lipinski definition) is 0. The molecule has 17 heavy (non-hydrogen) atoms. The van der Waals surface area contributed by atoms with Gasteiger partial charge in [0.05, 0.1) is 18.8 Å². The standard InChI is InChI=1S/C14H18O3/c1-10-7-8-12(9-13(10)14(15)16-2)17-11-5-3-4-6-11/h7-9,11H,3-6H2,1-2H3. The summed E-state index contributed by atoms with van der Waals surface area (Å²) in [5.41, 5.74) is 1.50. The second-order valence-corrected chi connectivity index (χ2v) is 4.49. The van der Waals surface area contributed by atoms with E-state index in [9.17, 15) is 4.79 Å². The molecule has 1 fully saturated rings. The molecule has 1 aromatic rings. The van der Waals surface area contributed by atoms with Gasteiger partial charge in [0.2, 0.25) is 0 Å². The Morgan fingerprint density at radius 2 is 2.00 bits per heavy atom. The molecule has 0 saturated heterocycles. The van der Waals surface area contributed by atoms with Crippen molar-refractivity contribution in [2.75, 3.05) is 7.11 Å². The summed E-state index contributed by atoms with van der Waals surface area (Å²) >= 11 is 0. The van der Waals surface area contributed by atoms with E-state index in [1.165, 1.54) is 20.0 Å². The second-order valence-electron chi connectivity index (χ2n) is 4.49. The molecule has 0 spiro atoms. The second kappa shape index (κ2) is 5.21. The monoisotopic (exact) mass is 234 g/mol. The predicted molar refractivity (Wildman–Crippen MR) is 65.4 cm³/mol. The maximum Gasteiger partial charge on any atom is 0.338 e. The molecule has 3 heteroatoms. The van der Waals surface area contributed by atoms with Crippen molar-refractivity contribution in [3.8, 4) is 5.75 Å². The lowest BCUT2D eigenvalue weighted by Gasteiger charge is -2.14. The van der Waals surface area contributed by atoms with Crippen molar-refractivity contribution in [2.45, 2.75) is 38.7 Å². The molecule has 0 radical (unpaired) electrons. The van der Waals surface area contributed by atoms with Crippen LogP contribution in [-0.4, -0.2) is 19.2 Å². The van der Waals surface area contributed by atoms with Crippen LogP contribution in [-0.2, 0) is 4.74 Å². The predicted octanol–water partition coefficient (Wildman–Crippen LogP) is 3.10. The molecule has 3 nitrogen and oxygen atoms in total. The van der Waals surface area contributed by atoms with Gasteiger partial charge in [-0.05, 0) is 50.3 Å². The van der Waals surface area contributed by atoms with Crippen LogP contribution in [0.5, 0.6) is 5.75 Å². The lowest BCUT2D eigenvalue weighted by atomic mass is 10.1. The molecule has 0 amide bonds. The van der Waals surface area contributed by atoms with Crippen molar-refractivity contribution < 1.29 is 14.3 Å². The van der Waals surface area contributed by atoms with Crippen molar-refractivity contribution in [1.82, 2.24) is 0 Å². The minimum absolute atomic E-state index is 0.306. The fourth-order valence-electron chi connectivity index (χ4n) is 2.20. The van der Waals surface area contributed by atoms with Gasteiger partial charge in [-0.2, -0.15) is 0 Å². The average Bonchev–Trinajstić information content (AvgIpc) is 2.83. The zero-order valence-corrected chi connectivity index (χ0v) is 10.4. The van der Waals surface area contributed by atoms with Crippen LogP contribution in [0.25, 0.3) is 0 Å². The summed E-state index contributed by atoms with van der Waals surface area (Å²) in [5.74, 6) is 0.460. The van der Waals surface area contributed by atoms with Crippen LogP contribution < -0.4 is 4.74 Å². The number of ether oxygens (including phenoxy) is 2. The molecule has 0 aromatic heterocycles. The van der Waals surface area contributed by atoms with Crippen molar-refractivity contribution in [3.05, 3.63) is 29.3 Å². The van der Waals surface area contributed by atoms with Crippen molar-refractivity contribution >= 4 is 5.97 Å². The minimum atomic E-state index is -0.306. The van der Waals surface area contributed by atoms with Gasteiger partial charge in [-0.25, -0.2) is 4.79 Å². The Morgan fingerprint density at radius 1 is 1.29 bits per heavy atom. The summed E-state index contributed by atoms with van der Waals surface area (Å²) in [5, 5.41) is 0. The number of carbonyl (C=O) groups excluding carboxylic acids is 1. The largest absolute Gasteiger partial charge is 0.490 e. The number of aryl methyl sites for hydroxylation is 1. The first-order valence-electron chi connectivity index (χ1n) is 6.06. The number of rotatable bonds is 3. The number of esters is 1. The smallest absolute Gasteiger partial charge is 0.338 e. The van der Waals surface area contributed by atoms with Crippen molar-refractivity contribution in [1.29, 1.82) is 0 Å². The van der Waals surface area contributed by atoms with E-state index in [2.05, 4.69) is 0 Å². The Hall–Kier alpha value is -1.51. The first kappa shape index (κ1) is 12.0. The van der Waals surface area contributed by atoms with Gasteiger partial charge in [-0.1, -0.05) is 6.07 Å². The number of benzene rings is 1. The molecule has 0 N–H and O–H groups in total. The topological polar surface area (TPSA) is 35.5 Å². The third-order valence-corrected chi connectivity index (χ3v) is 3.22. The minimum Gasteiger partial charge on any atom is -0.490 e. The summed E-state index contributed by atoms with van der Waals surface area (Å²) in [6.07, 6.45) is 5.01. The SMILES string of the molecule is COC(=O)c1cc(OC2CCCC2)ccc1C. The molecule has 1 aromatic carbocycles. The first-order chi connectivity index (χ1) is 8.20. The maximum absolute atomic E-state index is 11.5. The summed E-state index contributed by atoms with van der Waals surface area (Å²) in [6, 6.07) is 5.59. The van der Waals surface area contributed by atoms with Crippen LogP contribution >= 0.6 is 0 Å². The lowest BCUT2D eigenvalue weighted by Crippen LogP contribution is -2.12. The van der Waals surface area contributed by atoms with E-state index in [4.69, 9.17) is 9.47 Å². The summed E-state index contributed by atoms with van der Waals surface area (Å²) in [4.78, 5) is 11.5. The maximum atomic E-state index is 11.5. The van der Waals surface area contributed by atoms with Gasteiger partial charge in [0.25, 0.3) is 0 Å². The zero-order chi connectivity index (χ0) is 12.3. The Bertz CT molecular complexity index is 406. The molecule has 0 atom stereocenters. The molecule has 1 saturated carbocycles. The summed E-state index contributed by atoms with van der Waals surface area (Å²) in [6.45, 7) is 1.89. The highest BCUT2D eigenvalue weighted by Gasteiger charge is 2.17. The van der Waals surface area contributed by atoms with Gasteiger partial charge >= 0.3 is 5.97 Å². The fraction of sp³-hybridized carbons (Fsp3) is 0.500. The Balaban J connectivity index is 2.15. The molecular weight excluding hydrogens is 216 g/mol. The van der Waals surface area contributed by atoms with E-state index in [0.29, 0.717) is 11.7 Å². The Kier molecular flexibility index (Phi) is 3.67. The summed E-state index contributed by atoms with van der Waals surface area (Å²) < 4.78 is 10.6. The Morgan fingerprint density at radius 3 is 2.65 bits per heavy atom. The van der Waals surface area contributed by atoms with Gasteiger partial charge in [0.15, 0.2) is 0 Å². The van der Waals surface area contributed by atoms with E-state index in [1.807, 2.05) is 19.1 Å². The molecular formula is C14H18O3. The van der Waals surface area contributed by atoms with Gasteiger partial charge in [-0.15, -0.1) is 0 Å². The van der Waals surface area contributed by atoms with Gasteiger partial charge in [0.1, 0.15) is 5.75 Å². The van der Waals surface area contributed by atoms with Crippen LogP contribution in [0.3, 0.4) is 0 Å². The first-order valence-corrected chi connectivity index (χ1v) is 6.06. The van der Waals surface area contributed by atoms with Crippen LogP contribution in [0.1, 0.15) is 41.6 Å². The molecule has 1 aliphatic carbocycles. The van der Waals surface area contributed by atoms with Crippen molar-refractivity contribution in [2.24, 2.45) is 0 Å². The van der Waals surface area contributed by atoms with Gasteiger partial charge in [0, 0.05) is 0 Å². The van der Waals surface area contributed by atoms with Crippen LogP contribution in [0.2, 0.25) is 0 Å². The number of hydrogen-bond acceptors (Lipinski definition) is 3. The molecule has 0 aliphatic heterocycles. The Labute approximate surface area is 102 Å². The zero-order valence-electron chi connectivity index (χ0n) is 10.4. The molecule has 0 bridgehead atoms. The van der Waals surface area contributed by atoms with E-state index in [0.717, 1.165) is 24.2 Å². The van der Waals surface area contributed by atoms with Crippen LogP contribution in [0.4, 0.5) is 0 Å². The van der Waals surface area contributed by atoms with Gasteiger partial charge < -0.3 is 9.47 Å². The highest BCUT2D eigenvalue weighted by atomic mass is 16.5. The average molecular weight is 234 g/mol. The highest BCUT2D eigenvalue weighted by Crippen LogP contribution is 2.25. The molecule has 1 aliphatic rings. The van der Waals surface area contributed by atoms with E-state index < -0.39 is 0 Å². The van der Waals surface area contributed by atoms with E-state index >= 15 is 0 Å². The number of methoxy groups -OCH3 is 1. The van der Waals surface area contributed by atoms with Gasteiger partial charge in [-0.3, -0.25) is 0 Å². The van der Waals surface area contributed by atoms with Crippen molar-refractivity contribution in [3.63, 3.8) is 0 Å². The third-order valence-electron chi connectivity index (χ3n) is 3.22. The van der Waals surface area contributed by atoms with Crippen LogP contribution in [0.15, 0.2) is 18.2 Å². The number of carbonyl (C=O) groups is 1. The lowest BCUT2D eigenvalue weighted by molar-refractivity contribution is 0.0599. The normalized spacial score (nSPS) is 15.9. The van der Waals surface area contributed by atoms with E-state index in [1.54, 1.807) is 6.07 Å². The molecule has 0 unspecified atom stereocenters. The molecule has 92 valence electrons. The quantitative estimate of drug-likeness (QED) is 0.754. The fourth-order valence-corrected chi connectivity index (χ4v) is 2.20. The molecule has 0 heterocycles. The third kappa shape index (κ3) is 2.78. The highest BCUT2D eigenvalue weighted by molar-refractivity contribution is 5.91. The van der Waals surface area contributed by atoms with Crippen LogP contribution in [0, 0.1) is 6.92 Å².